The molecule has 1 aliphatic heterocycles. The third kappa shape index (κ3) is 3.61. The van der Waals surface area contributed by atoms with Crippen molar-refractivity contribution < 1.29 is 9.47 Å². The van der Waals surface area contributed by atoms with Gasteiger partial charge in [0, 0.05) is 18.7 Å². The summed E-state index contributed by atoms with van der Waals surface area (Å²) < 4.78 is 11.1. The number of rotatable bonds is 6. The average molecular weight is 263 g/mol. The van der Waals surface area contributed by atoms with Crippen LogP contribution in [0.3, 0.4) is 0 Å². The van der Waals surface area contributed by atoms with Gasteiger partial charge in [0.25, 0.3) is 0 Å². The zero-order valence-corrected chi connectivity index (χ0v) is 11.8. The van der Waals surface area contributed by atoms with Crippen molar-refractivity contribution in [2.75, 3.05) is 47.4 Å². The van der Waals surface area contributed by atoms with Gasteiger partial charge >= 0.3 is 0 Å². The molecule has 0 bridgehead atoms. The van der Waals surface area contributed by atoms with E-state index < -0.39 is 0 Å². The van der Waals surface area contributed by atoms with Gasteiger partial charge in [-0.3, -0.25) is 4.99 Å². The van der Waals surface area contributed by atoms with Crippen LogP contribution >= 0.6 is 0 Å². The maximum absolute atomic E-state index is 5.73. The molecule has 0 unspecified atom stereocenters. The van der Waals surface area contributed by atoms with E-state index in [0.29, 0.717) is 6.61 Å². The summed E-state index contributed by atoms with van der Waals surface area (Å²) in [5, 5.41) is 3.25. The molecule has 1 N–H and O–H groups in total. The molecule has 1 aromatic rings. The van der Waals surface area contributed by atoms with Crippen LogP contribution in [0.25, 0.3) is 0 Å². The first-order valence-electron chi connectivity index (χ1n) is 6.45. The van der Waals surface area contributed by atoms with E-state index in [1.54, 1.807) is 7.11 Å². The summed E-state index contributed by atoms with van der Waals surface area (Å²) in [4.78, 5) is 6.48. The lowest BCUT2D eigenvalue weighted by atomic mass is 10.2. The molecule has 19 heavy (non-hydrogen) atoms. The lowest BCUT2D eigenvalue weighted by Crippen LogP contribution is -2.20. The zero-order chi connectivity index (χ0) is 13.7. The fourth-order valence-electron chi connectivity index (χ4n) is 1.86. The van der Waals surface area contributed by atoms with Gasteiger partial charge in [0.1, 0.15) is 12.4 Å². The number of hydrogen-bond donors (Lipinski definition) is 1. The molecule has 5 nitrogen and oxygen atoms in total. The lowest BCUT2D eigenvalue weighted by Gasteiger charge is -2.14. The molecule has 0 amide bonds. The Balaban J connectivity index is 2.07. The Morgan fingerprint density at radius 3 is 2.79 bits per heavy atom. The SMILES string of the molecule is COc1cc(C2=NCCN2)ccc1OCCN(C)C. The third-order valence-electron chi connectivity index (χ3n) is 2.91. The molecule has 0 aromatic heterocycles. The summed E-state index contributed by atoms with van der Waals surface area (Å²) in [5.41, 5.74) is 1.04. The van der Waals surface area contributed by atoms with E-state index in [4.69, 9.17) is 9.47 Å². The summed E-state index contributed by atoms with van der Waals surface area (Å²) in [7, 11) is 5.70. The van der Waals surface area contributed by atoms with Gasteiger partial charge < -0.3 is 19.7 Å². The highest BCUT2D eigenvalue weighted by Crippen LogP contribution is 2.28. The van der Waals surface area contributed by atoms with E-state index in [9.17, 15) is 0 Å². The molecule has 0 radical (unpaired) electrons. The van der Waals surface area contributed by atoms with Crippen molar-refractivity contribution >= 4 is 5.84 Å². The number of amidine groups is 1. The Morgan fingerprint density at radius 2 is 2.16 bits per heavy atom. The van der Waals surface area contributed by atoms with Crippen LogP contribution in [-0.2, 0) is 0 Å². The molecule has 104 valence electrons. The Hall–Kier alpha value is -1.75. The second kappa shape index (κ2) is 6.43. The van der Waals surface area contributed by atoms with Crippen molar-refractivity contribution in [3.8, 4) is 11.5 Å². The normalized spacial score (nSPS) is 14.2. The number of hydrogen-bond acceptors (Lipinski definition) is 5. The molecule has 0 saturated heterocycles. The Bertz CT molecular complexity index is 458. The van der Waals surface area contributed by atoms with Gasteiger partial charge in [0.05, 0.1) is 13.7 Å². The second-order valence-electron chi connectivity index (χ2n) is 4.67. The highest BCUT2D eigenvalue weighted by molar-refractivity contribution is 6.00. The number of ether oxygens (including phenoxy) is 2. The summed E-state index contributed by atoms with van der Waals surface area (Å²) in [6, 6.07) is 5.90. The summed E-state index contributed by atoms with van der Waals surface area (Å²) in [6.45, 7) is 3.25. The van der Waals surface area contributed by atoms with Gasteiger partial charge in [-0.2, -0.15) is 0 Å². The Morgan fingerprint density at radius 1 is 1.32 bits per heavy atom. The molecule has 0 aliphatic carbocycles. The van der Waals surface area contributed by atoms with Crippen LogP contribution in [0.4, 0.5) is 0 Å². The fraction of sp³-hybridized carbons (Fsp3) is 0.500. The van der Waals surface area contributed by atoms with Crippen molar-refractivity contribution in [3.05, 3.63) is 23.8 Å². The first-order chi connectivity index (χ1) is 9.20. The van der Waals surface area contributed by atoms with Crippen LogP contribution in [0.15, 0.2) is 23.2 Å². The fourth-order valence-corrected chi connectivity index (χ4v) is 1.86. The van der Waals surface area contributed by atoms with Gasteiger partial charge in [0.15, 0.2) is 11.5 Å². The van der Waals surface area contributed by atoms with Gasteiger partial charge in [-0.05, 0) is 32.3 Å². The second-order valence-corrected chi connectivity index (χ2v) is 4.67. The molecular formula is C14H21N3O2. The molecule has 0 spiro atoms. The number of nitrogens with zero attached hydrogens (tertiary/aromatic N) is 2. The summed E-state index contributed by atoms with van der Waals surface area (Å²) in [5.74, 6) is 2.44. The van der Waals surface area contributed by atoms with E-state index in [-0.39, 0.29) is 0 Å². The van der Waals surface area contributed by atoms with Crippen LogP contribution in [0.1, 0.15) is 5.56 Å². The number of benzene rings is 1. The van der Waals surface area contributed by atoms with Gasteiger partial charge in [-0.1, -0.05) is 0 Å². The average Bonchev–Trinajstić information content (AvgIpc) is 2.92. The van der Waals surface area contributed by atoms with Crippen LogP contribution < -0.4 is 14.8 Å². The summed E-state index contributed by atoms with van der Waals surface area (Å²) in [6.07, 6.45) is 0. The molecule has 2 rings (SSSR count). The van der Waals surface area contributed by atoms with Crippen LogP contribution in [0, 0.1) is 0 Å². The minimum atomic E-state index is 0.641. The van der Waals surface area contributed by atoms with Crippen molar-refractivity contribution in [1.82, 2.24) is 10.2 Å². The van der Waals surface area contributed by atoms with Crippen LogP contribution in [0.5, 0.6) is 11.5 Å². The zero-order valence-electron chi connectivity index (χ0n) is 11.8. The predicted molar refractivity (Wildman–Crippen MR) is 76.4 cm³/mol. The van der Waals surface area contributed by atoms with E-state index in [1.807, 2.05) is 32.3 Å². The van der Waals surface area contributed by atoms with E-state index in [2.05, 4.69) is 15.2 Å². The maximum atomic E-state index is 5.73. The van der Waals surface area contributed by atoms with Crippen molar-refractivity contribution in [2.24, 2.45) is 4.99 Å². The smallest absolute Gasteiger partial charge is 0.161 e. The lowest BCUT2D eigenvalue weighted by molar-refractivity contribution is 0.250. The highest BCUT2D eigenvalue weighted by atomic mass is 16.5. The summed E-state index contributed by atoms with van der Waals surface area (Å²) >= 11 is 0. The third-order valence-corrected chi connectivity index (χ3v) is 2.91. The van der Waals surface area contributed by atoms with Crippen molar-refractivity contribution in [1.29, 1.82) is 0 Å². The molecule has 0 atom stereocenters. The number of nitrogens with one attached hydrogen (secondary N) is 1. The van der Waals surface area contributed by atoms with Crippen LogP contribution in [0.2, 0.25) is 0 Å². The minimum absolute atomic E-state index is 0.641. The Labute approximate surface area is 114 Å². The van der Waals surface area contributed by atoms with Crippen molar-refractivity contribution in [2.45, 2.75) is 0 Å². The topological polar surface area (TPSA) is 46.1 Å². The first kappa shape index (κ1) is 13.7. The molecule has 1 aromatic carbocycles. The van der Waals surface area contributed by atoms with Gasteiger partial charge in [-0.15, -0.1) is 0 Å². The van der Waals surface area contributed by atoms with E-state index >= 15 is 0 Å². The highest BCUT2D eigenvalue weighted by Gasteiger charge is 2.12. The maximum Gasteiger partial charge on any atom is 0.161 e. The molecule has 0 fully saturated rings. The molecule has 1 aliphatic rings. The molecule has 1 heterocycles. The first-order valence-corrected chi connectivity index (χ1v) is 6.45. The van der Waals surface area contributed by atoms with Crippen molar-refractivity contribution in [3.63, 3.8) is 0 Å². The van der Waals surface area contributed by atoms with Gasteiger partial charge in [-0.25, -0.2) is 0 Å². The number of methoxy groups -OCH3 is 1. The standard InChI is InChI=1S/C14H21N3O2/c1-17(2)8-9-19-12-5-4-11(10-13(12)18-3)14-15-6-7-16-14/h4-5,10H,6-9H2,1-3H3,(H,15,16). The minimum Gasteiger partial charge on any atom is -0.493 e. The number of likely N-dealkylation sites (N-methyl/N-ethyl adjacent to an activating group) is 1. The molecule has 0 saturated carbocycles. The largest absolute Gasteiger partial charge is 0.493 e. The quantitative estimate of drug-likeness (QED) is 0.831. The van der Waals surface area contributed by atoms with Crippen LogP contribution in [-0.4, -0.2) is 58.2 Å². The van der Waals surface area contributed by atoms with Gasteiger partial charge in [0.2, 0.25) is 0 Å². The number of aliphatic imine (C=N–C) groups is 1. The van der Waals surface area contributed by atoms with E-state index in [0.717, 1.165) is 42.5 Å². The molecule has 5 heteroatoms. The Kier molecular flexibility index (Phi) is 4.63. The predicted octanol–water partition coefficient (Wildman–Crippen LogP) is 0.985. The van der Waals surface area contributed by atoms with E-state index in [1.165, 1.54) is 0 Å². The monoisotopic (exact) mass is 263 g/mol. The molecular weight excluding hydrogens is 242 g/mol.